The summed E-state index contributed by atoms with van der Waals surface area (Å²) in [5.41, 5.74) is 13.4. The standard InChI is InChI=1S/C49H28O2S/c1-4-15-39-33(10-1)34-11-2-5-16-40(34)49(39)41-17-6-7-18-43(41)50-46-27-30(22-25-42(46)49)29-20-23-35-36-24-21-31(28-45(36)51-44(35)26-29)32-13-9-14-38-37-12-3-8-19-47(37)52-48(32)38/h1-28H. The highest BCUT2D eigenvalue weighted by Crippen LogP contribution is 2.62. The molecule has 12 rings (SSSR count). The lowest BCUT2D eigenvalue weighted by atomic mass is 9.66. The Morgan fingerprint density at radius 2 is 0.962 bits per heavy atom. The predicted octanol–water partition coefficient (Wildman–Crippen LogP) is 13.8. The molecule has 0 saturated carbocycles. The van der Waals surface area contributed by atoms with Crippen molar-refractivity contribution < 1.29 is 9.15 Å². The van der Waals surface area contributed by atoms with Crippen LogP contribution in [0.25, 0.3) is 75.5 Å². The average Bonchev–Trinajstić information content (AvgIpc) is 3.86. The predicted molar refractivity (Wildman–Crippen MR) is 215 cm³/mol. The van der Waals surface area contributed by atoms with Crippen LogP contribution in [0.3, 0.4) is 0 Å². The fourth-order valence-corrected chi connectivity index (χ4v) is 10.4. The SMILES string of the molecule is c1ccc2c(c1)Oc1cc(-c3ccc4c(c3)oc3cc(-c5cccc6c5sc5ccccc56)ccc34)ccc1C21c2ccccc2-c2ccccc21. The van der Waals surface area contributed by atoms with Crippen molar-refractivity contribution >= 4 is 53.4 Å². The van der Waals surface area contributed by atoms with Gasteiger partial charge in [-0.25, -0.2) is 0 Å². The molecule has 0 N–H and O–H groups in total. The normalized spacial score (nSPS) is 13.7. The quantitative estimate of drug-likeness (QED) is 0.181. The van der Waals surface area contributed by atoms with Crippen molar-refractivity contribution in [3.05, 3.63) is 192 Å². The van der Waals surface area contributed by atoms with E-state index in [1.165, 1.54) is 64.7 Å². The van der Waals surface area contributed by atoms with E-state index in [9.17, 15) is 0 Å². The van der Waals surface area contributed by atoms with Crippen LogP contribution in [-0.4, -0.2) is 0 Å². The van der Waals surface area contributed by atoms with Crippen molar-refractivity contribution in [3.63, 3.8) is 0 Å². The Labute approximate surface area is 303 Å². The van der Waals surface area contributed by atoms with Gasteiger partial charge in [0.1, 0.15) is 22.7 Å². The van der Waals surface area contributed by atoms with E-state index in [4.69, 9.17) is 9.15 Å². The zero-order chi connectivity index (χ0) is 34.0. The fourth-order valence-electron chi connectivity index (χ4n) is 9.14. The molecular weight excluding hydrogens is 653 g/mol. The summed E-state index contributed by atoms with van der Waals surface area (Å²) in [7, 11) is 0. The maximum Gasteiger partial charge on any atom is 0.136 e. The van der Waals surface area contributed by atoms with Crippen LogP contribution in [0.15, 0.2) is 174 Å². The molecule has 0 unspecified atom stereocenters. The van der Waals surface area contributed by atoms with Gasteiger partial charge in [0.15, 0.2) is 0 Å². The van der Waals surface area contributed by atoms with Crippen LogP contribution in [0.4, 0.5) is 0 Å². The van der Waals surface area contributed by atoms with E-state index in [1.54, 1.807) is 0 Å². The molecule has 8 aromatic carbocycles. The van der Waals surface area contributed by atoms with Gasteiger partial charge in [0, 0.05) is 42.1 Å². The average molecular weight is 681 g/mol. The Morgan fingerprint density at radius 3 is 1.77 bits per heavy atom. The third kappa shape index (κ3) is 3.68. The van der Waals surface area contributed by atoms with E-state index >= 15 is 0 Å². The molecule has 2 nitrogen and oxygen atoms in total. The van der Waals surface area contributed by atoms with Gasteiger partial charge in [-0.3, -0.25) is 0 Å². The Morgan fingerprint density at radius 1 is 0.385 bits per heavy atom. The maximum atomic E-state index is 6.77. The number of para-hydroxylation sites is 1. The van der Waals surface area contributed by atoms with E-state index in [2.05, 4.69) is 170 Å². The number of fused-ring (bicyclic) bond motifs is 15. The fraction of sp³-hybridized carbons (Fsp3) is 0.0204. The van der Waals surface area contributed by atoms with Gasteiger partial charge in [0.05, 0.1) is 5.41 Å². The number of furan rings is 1. The molecule has 52 heavy (non-hydrogen) atoms. The molecule has 3 heterocycles. The van der Waals surface area contributed by atoms with Gasteiger partial charge in [0.25, 0.3) is 0 Å². The molecule has 0 radical (unpaired) electrons. The Hall–Kier alpha value is -6.42. The second-order valence-electron chi connectivity index (χ2n) is 14.0. The second-order valence-corrected chi connectivity index (χ2v) is 15.0. The van der Waals surface area contributed by atoms with Gasteiger partial charge in [-0.15, -0.1) is 11.3 Å². The van der Waals surface area contributed by atoms with Gasteiger partial charge in [-0.05, 0) is 87.0 Å². The first kappa shape index (κ1) is 28.3. The summed E-state index contributed by atoms with van der Waals surface area (Å²) in [6, 6.07) is 61.5. The molecule has 10 aromatic rings. The smallest absolute Gasteiger partial charge is 0.136 e. The first-order valence-electron chi connectivity index (χ1n) is 17.7. The van der Waals surface area contributed by atoms with Crippen LogP contribution >= 0.6 is 11.3 Å². The molecule has 242 valence electrons. The Balaban J connectivity index is 0.991. The summed E-state index contributed by atoms with van der Waals surface area (Å²) < 4.78 is 16.0. The molecule has 2 aliphatic rings. The van der Waals surface area contributed by atoms with E-state index in [-0.39, 0.29) is 0 Å². The summed E-state index contributed by atoms with van der Waals surface area (Å²) in [6.07, 6.45) is 0. The van der Waals surface area contributed by atoms with Gasteiger partial charge in [-0.1, -0.05) is 127 Å². The Bertz CT molecular complexity index is 3080. The van der Waals surface area contributed by atoms with Crippen LogP contribution in [0, 0.1) is 0 Å². The highest BCUT2D eigenvalue weighted by molar-refractivity contribution is 7.26. The molecule has 2 aromatic heterocycles. The number of hydrogen-bond donors (Lipinski definition) is 0. The van der Waals surface area contributed by atoms with Crippen molar-refractivity contribution in [2.75, 3.05) is 0 Å². The summed E-state index contributed by atoms with van der Waals surface area (Å²) in [5, 5.41) is 4.86. The van der Waals surface area contributed by atoms with Gasteiger partial charge < -0.3 is 9.15 Å². The first-order chi connectivity index (χ1) is 25.8. The van der Waals surface area contributed by atoms with Crippen molar-refractivity contribution in [2.45, 2.75) is 5.41 Å². The maximum absolute atomic E-state index is 6.77. The lowest BCUT2D eigenvalue weighted by molar-refractivity contribution is 0.436. The van der Waals surface area contributed by atoms with Crippen LogP contribution in [-0.2, 0) is 5.41 Å². The zero-order valence-corrected chi connectivity index (χ0v) is 28.7. The lowest BCUT2D eigenvalue weighted by Crippen LogP contribution is -2.32. The number of rotatable bonds is 2. The van der Waals surface area contributed by atoms with Crippen LogP contribution in [0.1, 0.15) is 22.3 Å². The highest BCUT2D eigenvalue weighted by atomic mass is 32.1. The van der Waals surface area contributed by atoms with Crippen molar-refractivity contribution in [3.8, 4) is 44.9 Å². The van der Waals surface area contributed by atoms with Gasteiger partial charge >= 0.3 is 0 Å². The van der Waals surface area contributed by atoms with Gasteiger partial charge in [-0.2, -0.15) is 0 Å². The number of ether oxygens (including phenoxy) is 1. The molecule has 1 aliphatic carbocycles. The molecular formula is C49H28O2S. The third-order valence-corrected chi connectivity index (χ3v) is 12.6. The van der Waals surface area contributed by atoms with E-state index in [0.717, 1.165) is 44.6 Å². The van der Waals surface area contributed by atoms with Crippen molar-refractivity contribution in [2.24, 2.45) is 0 Å². The Kier molecular flexibility index (Phi) is 5.62. The second kappa shape index (κ2) is 10.3. The van der Waals surface area contributed by atoms with Crippen LogP contribution in [0.5, 0.6) is 11.5 Å². The number of hydrogen-bond acceptors (Lipinski definition) is 3. The lowest BCUT2D eigenvalue weighted by Gasteiger charge is -2.39. The molecule has 1 spiro atoms. The minimum Gasteiger partial charge on any atom is -0.457 e. The van der Waals surface area contributed by atoms with Crippen molar-refractivity contribution in [1.82, 2.24) is 0 Å². The molecule has 0 fully saturated rings. The molecule has 1 aliphatic heterocycles. The molecule has 0 bridgehead atoms. The summed E-state index contributed by atoms with van der Waals surface area (Å²) >= 11 is 1.86. The minimum absolute atomic E-state index is 0.462. The van der Waals surface area contributed by atoms with E-state index < -0.39 is 5.41 Å². The highest BCUT2D eigenvalue weighted by Gasteiger charge is 2.50. The number of benzene rings is 8. The third-order valence-electron chi connectivity index (χ3n) is 11.4. The molecule has 0 amide bonds. The zero-order valence-electron chi connectivity index (χ0n) is 27.9. The number of thiophene rings is 1. The summed E-state index contributed by atoms with van der Waals surface area (Å²) in [4.78, 5) is 0. The van der Waals surface area contributed by atoms with Crippen LogP contribution in [0.2, 0.25) is 0 Å². The van der Waals surface area contributed by atoms with E-state index in [1.807, 2.05) is 11.3 Å². The monoisotopic (exact) mass is 680 g/mol. The van der Waals surface area contributed by atoms with Gasteiger partial charge in [0.2, 0.25) is 0 Å². The first-order valence-corrected chi connectivity index (χ1v) is 18.6. The van der Waals surface area contributed by atoms with Crippen molar-refractivity contribution in [1.29, 1.82) is 0 Å². The molecule has 3 heteroatoms. The summed E-state index contributed by atoms with van der Waals surface area (Å²) in [6.45, 7) is 0. The molecule has 0 saturated heterocycles. The minimum atomic E-state index is -0.462. The largest absolute Gasteiger partial charge is 0.457 e. The summed E-state index contributed by atoms with van der Waals surface area (Å²) in [5.74, 6) is 1.78. The van der Waals surface area contributed by atoms with Crippen LogP contribution < -0.4 is 4.74 Å². The topological polar surface area (TPSA) is 22.4 Å². The van der Waals surface area contributed by atoms with E-state index in [0.29, 0.717) is 0 Å². The molecule has 0 atom stereocenters.